The molecule has 0 spiro atoms. The maximum atomic E-state index is 10.6. The maximum absolute atomic E-state index is 10.6. The summed E-state index contributed by atoms with van der Waals surface area (Å²) in [5.74, 6) is 0. The molecule has 0 amide bonds. The minimum Gasteiger partial charge on any atom is -0.384 e. The lowest BCUT2D eigenvalue weighted by Crippen LogP contribution is -2.06. The Hall–Kier alpha value is -1.31. The van der Waals surface area contributed by atoms with E-state index in [0.29, 0.717) is 5.02 Å². The van der Waals surface area contributed by atoms with Crippen molar-refractivity contribution in [3.05, 3.63) is 69.2 Å². The predicted octanol–water partition coefficient (Wildman–Crippen LogP) is 4.61. The van der Waals surface area contributed by atoms with E-state index in [4.69, 9.17) is 11.6 Å². The summed E-state index contributed by atoms with van der Waals surface area (Å²) in [6, 6.07) is 12.2. The number of hydrogen-bond acceptors (Lipinski definition) is 1. The standard InChI is InChI=1S/C18H19ClO/c1-12-5-4-8-16(17(12)19)18(20)15-10-9-13-6-2-3-7-14(13)11-15/h4-5,8-11,18,20H,2-3,6-7H2,1H3. The van der Waals surface area contributed by atoms with Crippen LogP contribution in [0.4, 0.5) is 0 Å². The molecule has 0 fully saturated rings. The number of halogens is 1. The van der Waals surface area contributed by atoms with E-state index in [1.54, 1.807) is 0 Å². The average Bonchev–Trinajstić information content (AvgIpc) is 2.49. The summed E-state index contributed by atoms with van der Waals surface area (Å²) >= 11 is 6.32. The van der Waals surface area contributed by atoms with E-state index in [0.717, 1.165) is 29.5 Å². The lowest BCUT2D eigenvalue weighted by atomic mass is 9.88. The molecule has 0 saturated heterocycles. The molecule has 0 radical (unpaired) electrons. The number of aliphatic hydroxyl groups excluding tert-OH is 1. The van der Waals surface area contributed by atoms with Crippen LogP contribution in [0.2, 0.25) is 5.02 Å². The molecule has 0 aliphatic heterocycles. The van der Waals surface area contributed by atoms with Crippen LogP contribution in [-0.4, -0.2) is 5.11 Å². The zero-order valence-electron chi connectivity index (χ0n) is 11.7. The SMILES string of the molecule is Cc1cccc(C(O)c2ccc3c(c2)CCCC3)c1Cl. The summed E-state index contributed by atoms with van der Waals surface area (Å²) in [4.78, 5) is 0. The highest BCUT2D eigenvalue weighted by atomic mass is 35.5. The predicted molar refractivity (Wildman–Crippen MR) is 83.3 cm³/mol. The smallest absolute Gasteiger partial charge is 0.106 e. The molecule has 1 N–H and O–H groups in total. The van der Waals surface area contributed by atoms with E-state index in [-0.39, 0.29) is 0 Å². The van der Waals surface area contributed by atoms with Crippen molar-refractivity contribution in [2.75, 3.05) is 0 Å². The van der Waals surface area contributed by atoms with Crippen LogP contribution in [0.25, 0.3) is 0 Å². The number of aliphatic hydroxyl groups is 1. The lowest BCUT2D eigenvalue weighted by molar-refractivity contribution is 0.220. The van der Waals surface area contributed by atoms with Crippen molar-refractivity contribution in [1.82, 2.24) is 0 Å². The quantitative estimate of drug-likeness (QED) is 0.855. The van der Waals surface area contributed by atoms with E-state index < -0.39 is 6.10 Å². The first-order valence-corrected chi connectivity index (χ1v) is 7.59. The van der Waals surface area contributed by atoms with Crippen molar-refractivity contribution in [3.63, 3.8) is 0 Å². The summed E-state index contributed by atoms with van der Waals surface area (Å²) in [6.07, 6.45) is 4.17. The van der Waals surface area contributed by atoms with E-state index in [2.05, 4.69) is 12.1 Å². The van der Waals surface area contributed by atoms with Gasteiger partial charge in [-0.3, -0.25) is 0 Å². The molecule has 0 saturated carbocycles. The van der Waals surface area contributed by atoms with Crippen LogP contribution in [0, 0.1) is 6.92 Å². The van der Waals surface area contributed by atoms with Crippen LogP contribution < -0.4 is 0 Å². The molecule has 104 valence electrons. The molecule has 1 aliphatic carbocycles. The largest absolute Gasteiger partial charge is 0.384 e. The summed E-state index contributed by atoms with van der Waals surface area (Å²) in [5, 5.41) is 11.3. The van der Waals surface area contributed by atoms with Gasteiger partial charge in [0.15, 0.2) is 0 Å². The Bertz CT molecular complexity index is 633. The second-order valence-corrected chi connectivity index (χ2v) is 5.99. The minimum atomic E-state index is -0.644. The first-order chi connectivity index (χ1) is 9.66. The molecular weight excluding hydrogens is 268 g/mol. The van der Waals surface area contributed by atoms with Crippen LogP contribution >= 0.6 is 11.6 Å². The maximum Gasteiger partial charge on any atom is 0.106 e. The lowest BCUT2D eigenvalue weighted by Gasteiger charge is -2.20. The topological polar surface area (TPSA) is 20.2 Å². The summed E-state index contributed by atoms with van der Waals surface area (Å²) in [7, 11) is 0. The Morgan fingerprint density at radius 3 is 2.60 bits per heavy atom. The van der Waals surface area contributed by atoms with Gasteiger partial charge < -0.3 is 5.11 Å². The Morgan fingerprint density at radius 1 is 1.05 bits per heavy atom. The van der Waals surface area contributed by atoms with Crippen molar-refractivity contribution in [3.8, 4) is 0 Å². The van der Waals surface area contributed by atoms with Gasteiger partial charge in [-0.1, -0.05) is 48.0 Å². The first kappa shape index (κ1) is 13.7. The van der Waals surface area contributed by atoms with Crippen molar-refractivity contribution in [1.29, 1.82) is 0 Å². The number of fused-ring (bicyclic) bond motifs is 1. The molecule has 2 heteroatoms. The van der Waals surface area contributed by atoms with Gasteiger partial charge in [0, 0.05) is 10.6 Å². The van der Waals surface area contributed by atoms with Gasteiger partial charge in [0.1, 0.15) is 6.10 Å². The summed E-state index contributed by atoms with van der Waals surface area (Å²) in [6.45, 7) is 1.96. The molecule has 0 heterocycles. The molecule has 1 unspecified atom stereocenters. The highest BCUT2D eigenvalue weighted by Gasteiger charge is 2.17. The first-order valence-electron chi connectivity index (χ1n) is 7.21. The van der Waals surface area contributed by atoms with E-state index in [1.807, 2.05) is 31.2 Å². The van der Waals surface area contributed by atoms with E-state index >= 15 is 0 Å². The minimum absolute atomic E-state index is 0.644. The molecule has 1 atom stereocenters. The van der Waals surface area contributed by atoms with Crippen LogP contribution in [0.3, 0.4) is 0 Å². The normalized spacial score (nSPS) is 15.8. The highest BCUT2D eigenvalue weighted by molar-refractivity contribution is 6.32. The van der Waals surface area contributed by atoms with Crippen molar-refractivity contribution >= 4 is 11.6 Å². The van der Waals surface area contributed by atoms with Gasteiger partial charge in [0.25, 0.3) is 0 Å². The van der Waals surface area contributed by atoms with E-state index in [9.17, 15) is 5.11 Å². The molecule has 3 rings (SSSR count). The zero-order chi connectivity index (χ0) is 14.1. The van der Waals surface area contributed by atoms with E-state index in [1.165, 1.54) is 24.0 Å². The molecule has 0 aromatic heterocycles. The molecule has 2 aromatic rings. The van der Waals surface area contributed by atoms with Crippen LogP contribution in [0.1, 0.15) is 46.8 Å². The van der Waals surface area contributed by atoms with Gasteiger partial charge in [-0.25, -0.2) is 0 Å². The van der Waals surface area contributed by atoms with Gasteiger partial charge in [0.05, 0.1) is 0 Å². The third-order valence-electron chi connectivity index (χ3n) is 4.20. The van der Waals surface area contributed by atoms with Crippen LogP contribution in [0.15, 0.2) is 36.4 Å². The van der Waals surface area contributed by atoms with Crippen LogP contribution in [0.5, 0.6) is 0 Å². The second kappa shape index (κ2) is 5.59. The molecular formula is C18H19ClO. The molecule has 1 aliphatic rings. The fourth-order valence-electron chi connectivity index (χ4n) is 2.98. The number of hydrogen-bond donors (Lipinski definition) is 1. The highest BCUT2D eigenvalue weighted by Crippen LogP contribution is 2.32. The van der Waals surface area contributed by atoms with Gasteiger partial charge in [0.2, 0.25) is 0 Å². The summed E-state index contributed by atoms with van der Waals surface area (Å²) in [5.41, 5.74) is 5.56. The number of benzene rings is 2. The molecule has 2 aromatic carbocycles. The number of rotatable bonds is 2. The zero-order valence-corrected chi connectivity index (χ0v) is 12.5. The third kappa shape index (κ3) is 2.48. The third-order valence-corrected chi connectivity index (χ3v) is 4.72. The fraction of sp³-hybridized carbons (Fsp3) is 0.333. The van der Waals surface area contributed by atoms with Crippen molar-refractivity contribution in [2.24, 2.45) is 0 Å². The Morgan fingerprint density at radius 2 is 1.80 bits per heavy atom. The number of aryl methyl sites for hydroxylation is 3. The second-order valence-electron chi connectivity index (χ2n) is 5.62. The Balaban J connectivity index is 1.98. The van der Waals surface area contributed by atoms with Gasteiger partial charge in [-0.2, -0.15) is 0 Å². The average molecular weight is 287 g/mol. The Kier molecular flexibility index (Phi) is 3.82. The van der Waals surface area contributed by atoms with Crippen LogP contribution in [-0.2, 0) is 12.8 Å². The van der Waals surface area contributed by atoms with Crippen molar-refractivity contribution in [2.45, 2.75) is 38.7 Å². The van der Waals surface area contributed by atoms with Crippen molar-refractivity contribution < 1.29 is 5.11 Å². The molecule has 20 heavy (non-hydrogen) atoms. The van der Waals surface area contributed by atoms with Gasteiger partial charge >= 0.3 is 0 Å². The molecule has 0 bridgehead atoms. The monoisotopic (exact) mass is 286 g/mol. The fourth-order valence-corrected chi connectivity index (χ4v) is 3.21. The molecule has 1 nitrogen and oxygen atoms in total. The Labute approximate surface area is 125 Å². The van der Waals surface area contributed by atoms with Gasteiger partial charge in [-0.15, -0.1) is 0 Å². The van der Waals surface area contributed by atoms with Gasteiger partial charge in [-0.05, 0) is 54.9 Å². The summed E-state index contributed by atoms with van der Waals surface area (Å²) < 4.78 is 0.